The lowest BCUT2D eigenvalue weighted by Crippen LogP contribution is -2.34. The maximum Gasteiger partial charge on any atom is 0.118 e. The molecule has 0 bridgehead atoms. The fourth-order valence-corrected chi connectivity index (χ4v) is 5.37. The lowest BCUT2D eigenvalue weighted by molar-refractivity contribution is 0.252. The number of anilines is 1. The summed E-state index contributed by atoms with van der Waals surface area (Å²) in [5, 5.41) is 3.55. The highest BCUT2D eigenvalue weighted by Crippen LogP contribution is 2.37. The molecule has 3 heterocycles. The number of hydrogen-bond donors (Lipinski definition) is 1. The molecule has 0 spiro atoms. The van der Waals surface area contributed by atoms with Gasteiger partial charge >= 0.3 is 0 Å². The van der Waals surface area contributed by atoms with Gasteiger partial charge in [-0.15, -0.1) is 11.3 Å². The SMILES string of the molecule is Cc1csc2ccc(C3=CC=NC(C)N3[C@@H](C)c3cccc(-c4cncc(N)c4)c3)cc12. The summed E-state index contributed by atoms with van der Waals surface area (Å²) < 4.78 is 1.33. The van der Waals surface area contributed by atoms with Crippen molar-refractivity contribution in [1.29, 1.82) is 0 Å². The predicted octanol–water partition coefficient (Wildman–Crippen LogP) is 6.69. The van der Waals surface area contributed by atoms with E-state index in [-0.39, 0.29) is 12.2 Å². The minimum Gasteiger partial charge on any atom is -0.397 e. The van der Waals surface area contributed by atoms with Crippen LogP contribution in [0.4, 0.5) is 5.69 Å². The van der Waals surface area contributed by atoms with Gasteiger partial charge in [0.1, 0.15) is 6.17 Å². The van der Waals surface area contributed by atoms with E-state index in [0.717, 1.165) is 11.1 Å². The van der Waals surface area contributed by atoms with Gasteiger partial charge in [0.2, 0.25) is 0 Å². The van der Waals surface area contributed by atoms with Crippen molar-refractivity contribution in [3.8, 4) is 11.1 Å². The molecule has 0 amide bonds. The summed E-state index contributed by atoms with van der Waals surface area (Å²) in [5.41, 5.74) is 13.7. The van der Waals surface area contributed by atoms with Gasteiger partial charge in [-0.05, 0) is 84.1 Å². The Morgan fingerprint density at radius 3 is 2.75 bits per heavy atom. The Bertz CT molecular complexity index is 1350. The molecule has 5 heteroatoms. The molecule has 2 aromatic carbocycles. The maximum absolute atomic E-state index is 5.96. The van der Waals surface area contributed by atoms with Crippen molar-refractivity contribution in [3.05, 3.63) is 89.1 Å². The lowest BCUT2D eigenvalue weighted by Gasteiger charge is -2.38. The number of nitrogens with zero attached hydrogens (tertiary/aromatic N) is 3. The zero-order chi connectivity index (χ0) is 22.2. The van der Waals surface area contributed by atoms with Gasteiger partial charge in [-0.25, -0.2) is 0 Å². The second-order valence-corrected chi connectivity index (χ2v) is 9.24. The van der Waals surface area contributed by atoms with Crippen LogP contribution in [-0.2, 0) is 0 Å². The third-order valence-corrected chi connectivity index (χ3v) is 7.24. The van der Waals surface area contributed by atoms with Gasteiger partial charge in [0.25, 0.3) is 0 Å². The number of aromatic nitrogens is 1. The summed E-state index contributed by atoms with van der Waals surface area (Å²) in [6.45, 7) is 6.58. The normalized spacial score (nSPS) is 16.9. The first kappa shape index (κ1) is 20.5. The smallest absolute Gasteiger partial charge is 0.118 e. The van der Waals surface area contributed by atoms with Crippen molar-refractivity contribution in [1.82, 2.24) is 9.88 Å². The molecular formula is C27H26N4S. The topological polar surface area (TPSA) is 54.5 Å². The molecule has 1 aliphatic heterocycles. The molecular weight excluding hydrogens is 412 g/mol. The van der Waals surface area contributed by atoms with Crippen molar-refractivity contribution >= 4 is 39.0 Å². The number of hydrogen-bond acceptors (Lipinski definition) is 5. The fraction of sp³-hybridized carbons (Fsp3) is 0.185. The highest BCUT2D eigenvalue weighted by Gasteiger charge is 2.26. The average molecular weight is 439 g/mol. The average Bonchev–Trinajstić information content (AvgIpc) is 3.18. The van der Waals surface area contributed by atoms with Crippen molar-refractivity contribution in [2.75, 3.05) is 5.73 Å². The van der Waals surface area contributed by atoms with Crippen LogP contribution in [-0.4, -0.2) is 22.3 Å². The van der Waals surface area contributed by atoms with E-state index in [1.165, 1.54) is 32.5 Å². The molecule has 2 N–H and O–H groups in total. The number of thiophene rings is 1. The van der Waals surface area contributed by atoms with E-state index in [1.54, 1.807) is 17.5 Å². The first-order chi connectivity index (χ1) is 15.5. The highest BCUT2D eigenvalue weighted by molar-refractivity contribution is 7.17. The largest absolute Gasteiger partial charge is 0.397 e. The molecule has 32 heavy (non-hydrogen) atoms. The van der Waals surface area contributed by atoms with Crippen LogP contribution in [0.2, 0.25) is 0 Å². The van der Waals surface area contributed by atoms with E-state index in [2.05, 4.69) is 84.6 Å². The van der Waals surface area contributed by atoms with Crippen LogP contribution >= 0.6 is 11.3 Å². The minimum atomic E-state index is 0.0435. The lowest BCUT2D eigenvalue weighted by atomic mass is 9.97. The van der Waals surface area contributed by atoms with Crippen LogP contribution in [0, 0.1) is 6.92 Å². The van der Waals surface area contributed by atoms with Gasteiger partial charge in [-0.2, -0.15) is 0 Å². The summed E-state index contributed by atoms with van der Waals surface area (Å²) in [4.78, 5) is 11.4. The molecule has 2 aromatic heterocycles. The molecule has 5 rings (SSSR count). The molecule has 4 nitrogen and oxygen atoms in total. The third-order valence-electron chi connectivity index (χ3n) is 6.16. The zero-order valence-electron chi connectivity index (χ0n) is 18.5. The van der Waals surface area contributed by atoms with Crippen LogP contribution in [0.5, 0.6) is 0 Å². The van der Waals surface area contributed by atoms with E-state index in [9.17, 15) is 0 Å². The number of benzene rings is 2. The molecule has 0 saturated heterocycles. The van der Waals surface area contributed by atoms with Crippen LogP contribution in [0.25, 0.3) is 26.9 Å². The molecule has 0 saturated carbocycles. The number of allylic oxidation sites excluding steroid dienone is 1. The van der Waals surface area contributed by atoms with E-state index in [4.69, 9.17) is 10.7 Å². The second-order valence-electron chi connectivity index (χ2n) is 8.33. The maximum atomic E-state index is 5.96. The number of aryl methyl sites for hydroxylation is 1. The van der Waals surface area contributed by atoms with Gasteiger partial charge in [-0.3, -0.25) is 9.98 Å². The van der Waals surface area contributed by atoms with Crippen LogP contribution in [0.15, 0.2) is 77.4 Å². The summed E-state index contributed by atoms with van der Waals surface area (Å²) >= 11 is 1.80. The second kappa shape index (κ2) is 8.24. The third kappa shape index (κ3) is 3.69. The van der Waals surface area contributed by atoms with Crippen molar-refractivity contribution in [2.45, 2.75) is 33.0 Å². The fourth-order valence-electron chi connectivity index (χ4n) is 4.44. The molecule has 4 aromatic rings. The summed E-state index contributed by atoms with van der Waals surface area (Å²) in [6, 6.07) is 17.5. The monoisotopic (exact) mass is 438 g/mol. The molecule has 160 valence electrons. The molecule has 0 fully saturated rings. The van der Waals surface area contributed by atoms with Crippen LogP contribution in [0.1, 0.15) is 36.6 Å². The van der Waals surface area contributed by atoms with Gasteiger partial charge in [0.15, 0.2) is 0 Å². The van der Waals surface area contributed by atoms with Gasteiger partial charge in [-0.1, -0.05) is 24.3 Å². The highest BCUT2D eigenvalue weighted by atomic mass is 32.1. The van der Waals surface area contributed by atoms with Crippen LogP contribution in [0.3, 0.4) is 0 Å². The number of fused-ring (bicyclic) bond motifs is 1. The van der Waals surface area contributed by atoms with Crippen molar-refractivity contribution < 1.29 is 0 Å². The van der Waals surface area contributed by atoms with E-state index in [0.29, 0.717) is 5.69 Å². The van der Waals surface area contributed by atoms with Crippen LogP contribution < -0.4 is 5.73 Å². The molecule has 2 atom stereocenters. The Morgan fingerprint density at radius 1 is 1.03 bits per heavy atom. The summed E-state index contributed by atoms with van der Waals surface area (Å²) in [6.07, 6.45) is 7.64. The molecule has 0 radical (unpaired) electrons. The van der Waals surface area contributed by atoms with Crippen molar-refractivity contribution in [2.24, 2.45) is 4.99 Å². The first-order valence-electron chi connectivity index (χ1n) is 10.8. The quantitative estimate of drug-likeness (QED) is 0.386. The Morgan fingerprint density at radius 2 is 1.91 bits per heavy atom. The predicted molar refractivity (Wildman–Crippen MR) is 137 cm³/mol. The number of nitrogen functional groups attached to an aromatic ring is 1. The molecule has 1 unspecified atom stereocenters. The molecule has 0 aliphatic carbocycles. The van der Waals surface area contributed by atoms with Gasteiger partial charge < -0.3 is 10.6 Å². The number of pyridine rings is 1. The summed E-state index contributed by atoms with van der Waals surface area (Å²) in [5.74, 6) is 0. The zero-order valence-corrected chi connectivity index (χ0v) is 19.3. The molecule has 1 aliphatic rings. The van der Waals surface area contributed by atoms with E-state index < -0.39 is 0 Å². The van der Waals surface area contributed by atoms with Gasteiger partial charge in [0.05, 0.1) is 11.7 Å². The summed E-state index contributed by atoms with van der Waals surface area (Å²) in [7, 11) is 0. The van der Waals surface area contributed by atoms with Crippen molar-refractivity contribution in [3.63, 3.8) is 0 Å². The Hall–Kier alpha value is -3.44. The Kier molecular flexibility index (Phi) is 5.27. The Labute approximate surface area is 192 Å². The standard InChI is InChI=1S/C27H26N4S/c1-17-16-32-27-8-7-22(13-25(17)27)26-9-10-30-19(3)31(26)18(2)20-5-4-6-21(11-20)23-12-24(28)15-29-14-23/h4-16,18-19H,28H2,1-3H3/t18-,19?/m0/s1. The minimum absolute atomic E-state index is 0.0435. The number of nitrogens with two attached hydrogens (primary N) is 1. The Balaban J connectivity index is 1.53. The number of rotatable bonds is 4. The first-order valence-corrected chi connectivity index (χ1v) is 11.7. The van der Waals surface area contributed by atoms with E-state index in [1.807, 2.05) is 18.5 Å². The van der Waals surface area contributed by atoms with Gasteiger partial charge in [0, 0.05) is 34.6 Å². The number of aliphatic imine (C=N–C) groups is 1. The van der Waals surface area contributed by atoms with E-state index >= 15 is 0 Å².